The van der Waals surface area contributed by atoms with E-state index in [4.69, 9.17) is 21.7 Å². The Kier molecular flexibility index (Phi) is 4.84. The first-order valence-electron chi connectivity index (χ1n) is 6.18. The Morgan fingerprint density at radius 2 is 2.10 bits per heavy atom. The molecule has 2 N–H and O–H groups in total. The van der Waals surface area contributed by atoms with Crippen LogP contribution in [0.4, 0.5) is 0 Å². The molecule has 112 valence electrons. The van der Waals surface area contributed by atoms with Gasteiger partial charge in [0.05, 0.1) is 30.3 Å². The molecule has 0 spiro atoms. The molecule has 21 heavy (non-hydrogen) atoms. The minimum Gasteiger partial charge on any atom is -0.496 e. The number of methoxy groups -OCH3 is 2. The number of benzene rings is 1. The second kappa shape index (κ2) is 6.44. The highest BCUT2D eigenvalue weighted by Gasteiger charge is 2.30. The van der Waals surface area contributed by atoms with Gasteiger partial charge >= 0.3 is 5.97 Å². The van der Waals surface area contributed by atoms with E-state index in [9.17, 15) is 4.79 Å². The average Bonchev–Trinajstić information content (AvgIpc) is 2.45. The van der Waals surface area contributed by atoms with Crippen molar-refractivity contribution < 1.29 is 14.3 Å². The van der Waals surface area contributed by atoms with Crippen molar-refractivity contribution in [3.05, 3.63) is 39.5 Å². The Labute approximate surface area is 136 Å². The summed E-state index contributed by atoms with van der Waals surface area (Å²) in [7, 11) is 2.96. The third-order valence-corrected chi connectivity index (χ3v) is 4.02. The molecule has 0 unspecified atom stereocenters. The first-order valence-corrected chi connectivity index (χ1v) is 7.38. The van der Waals surface area contributed by atoms with Gasteiger partial charge in [0, 0.05) is 5.70 Å². The Morgan fingerprint density at radius 3 is 2.67 bits per heavy atom. The maximum atomic E-state index is 12.0. The van der Waals surface area contributed by atoms with E-state index in [-0.39, 0.29) is 6.04 Å². The second-order valence-corrected chi connectivity index (χ2v) is 5.72. The molecule has 0 radical (unpaired) electrons. The Bertz CT molecular complexity index is 631. The lowest BCUT2D eigenvalue weighted by Gasteiger charge is -2.29. The molecule has 0 saturated heterocycles. The number of esters is 1. The van der Waals surface area contributed by atoms with Crippen LogP contribution in [0.25, 0.3) is 0 Å². The zero-order chi connectivity index (χ0) is 15.6. The lowest BCUT2D eigenvalue weighted by molar-refractivity contribution is -0.136. The quantitative estimate of drug-likeness (QED) is 0.629. The molecule has 0 saturated carbocycles. The van der Waals surface area contributed by atoms with Crippen molar-refractivity contribution in [1.82, 2.24) is 10.6 Å². The van der Waals surface area contributed by atoms with Gasteiger partial charge in [-0.25, -0.2) is 4.79 Å². The van der Waals surface area contributed by atoms with Crippen molar-refractivity contribution >= 4 is 39.2 Å². The monoisotopic (exact) mass is 370 g/mol. The Balaban J connectivity index is 2.48. The van der Waals surface area contributed by atoms with Crippen LogP contribution in [0.2, 0.25) is 0 Å². The molecule has 1 aromatic rings. The van der Waals surface area contributed by atoms with E-state index in [1.54, 1.807) is 14.0 Å². The van der Waals surface area contributed by atoms with Gasteiger partial charge in [0.25, 0.3) is 0 Å². The molecule has 1 aliphatic heterocycles. The van der Waals surface area contributed by atoms with Gasteiger partial charge in [-0.15, -0.1) is 0 Å². The van der Waals surface area contributed by atoms with E-state index in [0.29, 0.717) is 16.4 Å². The zero-order valence-corrected chi connectivity index (χ0v) is 14.2. The standard InChI is InChI=1S/C14H15BrN2O3S/c1-7-11(13(18)20-3)12(17-14(21)16-7)8-4-5-10(19-2)9(15)6-8/h4-6,12H,1-3H3,(H2,16,17,21)/t12-/m0/s1. The van der Waals surface area contributed by atoms with Gasteiger partial charge in [-0.1, -0.05) is 6.07 Å². The van der Waals surface area contributed by atoms with Crippen LogP contribution in [-0.4, -0.2) is 25.3 Å². The molecule has 0 fully saturated rings. The van der Waals surface area contributed by atoms with Gasteiger partial charge in [0.15, 0.2) is 5.11 Å². The molecular weight excluding hydrogens is 356 g/mol. The van der Waals surface area contributed by atoms with Gasteiger partial charge in [-0.3, -0.25) is 0 Å². The topological polar surface area (TPSA) is 59.6 Å². The molecule has 0 aliphatic carbocycles. The average molecular weight is 371 g/mol. The molecule has 1 atom stereocenters. The largest absolute Gasteiger partial charge is 0.496 e. The van der Waals surface area contributed by atoms with Gasteiger partial charge in [-0.2, -0.15) is 0 Å². The third-order valence-electron chi connectivity index (χ3n) is 3.18. The van der Waals surface area contributed by atoms with E-state index in [1.807, 2.05) is 18.2 Å². The van der Waals surface area contributed by atoms with Crippen molar-refractivity contribution in [1.29, 1.82) is 0 Å². The Morgan fingerprint density at radius 1 is 1.38 bits per heavy atom. The fourth-order valence-electron chi connectivity index (χ4n) is 2.19. The summed E-state index contributed by atoms with van der Waals surface area (Å²) in [6.07, 6.45) is 0. The lowest BCUT2D eigenvalue weighted by atomic mass is 9.95. The summed E-state index contributed by atoms with van der Waals surface area (Å²) < 4.78 is 10.9. The van der Waals surface area contributed by atoms with Crippen LogP contribution in [0.15, 0.2) is 33.9 Å². The van der Waals surface area contributed by atoms with Crippen LogP contribution in [0.1, 0.15) is 18.5 Å². The van der Waals surface area contributed by atoms with Crippen molar-refractivity contribution in [3.8, 4) is 5.75 Å². The summed E-state index contributed by atoms with van der Waals surface area (Å²) >= 11 is 8.62. The number of carbonyl (C=O) groups excluding carboxylic acids is 1. The highest BCUT2D eigenvalue weighted by Crippen LogP contribution is 2.32. The minimum atomic E-state index is -0.396. The highest BCUT2D eigenvalue weighted by molar-refractivity contribution is 9.10. The summed E-state index contributed by atoms with van der Waals surface area (Å²) in [6.45, 7) is 1.80. The van der Waals surface area contributed by atoms with Crippen LogP contribution in [0.5, 0.6) is 5.75 Å². The van der Waals surface area contributed by atoms with Crippen molar-refractivity contribution in [2.24, 2.45) is 0 Å². The number of carbonyl (C=O) groups is 1. The van der Waals surface area contributed by atoms with Crippen molar-refractivity contribution in [3.63, 3.8) is 0 Å². The summed E-state index contributed by atoms with van der Waals surface area (Å²) in [5.74, 6) is 0.322. The van der Waals surface area contributed by atoms with Gasteiger partial charge in [0.1, 0.15) is 5.75 Å². The van der Waals surface area contributed by atoms with Crippen molar-refractivity contribution in [2.75, 3.05) is 14.2 Å². The predicted molar refractivity (Wildman–Crippen MR) is 87.0 cm³/mol. The molecule has 1 heterocycles. The molecule has 7 heteroatoms. The molecule has 0 amide bonds. The minimum absolute atomic E-state index is 0.367. The lowest BCUT2D eigenvalue weighted by Crippen LogP contribution is -2.45. The molecule has 0 aromatic heterocycles. The molecule has 0 bridgehead atoms. The molecule has 1 aliphatic rings. The van der Waals surface area contributed by atoms with Crippen LogP contribution in [0, 0.1) is 0 Å². The highest BCUT2D eigenvalue weighted by atomic mass is 79.9. The summed E-state index contributed by atoms with van der Waals surface area (Å²) in [5.41, 5.74) is 2.07. The second-order valence-electron chi connectivity index (χ2n) is 4.46. The maximum absolute atomic E-state index is 12.0. The normalized spacial score (nSPS) is 17.9. The van der Waals surface area contributed by atoms with E-state index in [2.05, 4.69) is 26.6 Å². The van der Waals surface area contributed by atoms with Gasteiger partial charge in [0.2, 0.25) is 0 Å². The number of hydrogen-bond donors (Lipinski definition) is 2. The first-order chi connectivity index (χ1) is 9.97. The molecular formula is C14H15BrN2O3S. The fourth-order valence-corrected chi connectivity index (χ4v) is 3.02. The number of ether oxygens (including phenoxy) is 2. The fraction of sp³-hybridized carbons (Fsp3) is 0.286. The number of halogens is 1. The van der Waals surface area contributed by atoms with Crippen LogP contribution >= 0.6 is 28.1 Å². The Hall–Kier alpha value is -1.60. The maximum Gasteiger partial charge on any atom is 0.337 e. The van der Waals surface area contributed by atoms with E-state index >= 15 is 0 Å². The SMILES string of the molecule is COC(=O)C1=C(C)NC(=S)N[C@H]1c1ccc(OC)c(Br)c1. The van der Waals surface area contributed by atoms with Crippen LogP contribution < -0.4 is 15.4 Å². The zero-order valence-electron chi connectivity index (χ0n) is 11.8. The van der Waals surface area contributed by atoms with E-state index in [1.165, 1.54) is 7.11 Å². The predicted octanol–water partition coefficient (Wildman–Crippen LogP) is 2.42. The summed E-state index contributed by atoms with van der Waals surface area (Å²) in [6, 6.07) is 5.23. The first kappa shape index (κ1) is 15.8. The van der Waals surface area contributed by atoms with Gasteiger partial charge < -0.3 is 20.1 Å². The summed E-state index contributed by atoms with van der Waals surface area (Å²) in [4.78, 5) is 12.0. The van der Waals surface area contributed by atoms with E-state index in [0.717, 1.165) is 15.8 Å². The smallest absolute Gasteiger partial charge is 0.337 e. The van der Waals surface area contributed by atoms with Crippen molar-refractivity contribution in [2.45, 2.75) is 13.0 Å². The number of hydrogen-bond acceptors (Lipinski definition) is 4. The number of allylic oxidation sites excluding steroid dienone is 1. The third kappa shape index (κ3) is 3.19. The van der Waals surface area contributed by atoms with E-state index < -0.39 is 5.97 Å². The number of nitrogens with one attached hydrogen (secondary N) is 2. The molecule has 2 rings (SSSR count). The van der Waals surface area contributed by atoms with Gasteiger partial charge in [-0.05, 0) is 52.8 Å². The number of rotatable bonds is 3. The van der Waals surface area contributed by atoms with Crippen LogP contribution in [-0.2, 0) is 9.53 Å². The van der Waals surface area contributed by atoms with Crippen LogP contribution in [0.3, 0.4) is 0 Å². The number of thiocarbonyl (C=S) groups is 1. The summed E-state index contributed by atoms with van der Waals surface area (Å²) in [5, 5.41) is 6.51. The molecule has 5 nitrogen and oxygen atoms in total. The molecule has 1 aromatic carbocycles.